The molecular weight excluding hydrogens is 280 g/mol. The van der Waals surface area contributed by atoms with Crippen molar-refractivity contribution < 1.29 is 9.59 Å². The van der Waals surface area contributed by atoms with Gasteiger partial charge >= 0.3 is 0 Å². The van der Waals surface area contributed by atoms with Crippen LogP contribution in [0.3, 0.4) is 0 Å². The van der Waals surface area contributed by atoms with Gasteiger partial charge in [0.25, 0.3) is 0 Å². The first kappa shape index (κ1) is 14.3. The third-order valence-corrected chi connectivity index (χ3v) is 3.73. The fourth-order valence-corrected chi connectivity index (χ4v) is 2.72. The summed E-state index contributed by atoms with van der Waals surface area (Å²) in [4.78, 5) is 24.3. The van der Waals surface area contributed by atoms with Crippen molar-refractivity contribution in [1.82, 2.24) is 15.1 Å². The number of anilines is 1. The Kier molecular flexibility index (Phi) is 3.91. The van der Waals surface area contributed by atoms with Crippen molar-refractivity contribution in [3.8, 4) is 0 Å². The molecule has 1 aromatic carbocycles. The molecule has 0 bridgehead atoms. The van der Waals surface area contributed by atoms with E-state index in [9.17, 15) is 9.59 Å². The number of nitrogens with one attached hydrogen (secondary N) is 2. The molecule has 1 aliphatic rings. The maximum absolute atomic E-state index is 12.5. The Balaban J connectivity index is 1.71. The lowest BCUT2D eigenvalue weighted by molar-refractivity contribution is -0.126. The van der Waals surface area contributed by atoms with Gasteiger partial charge in [0.15, 0.2) is 0 Å². The van der Waals surface area contributed by atoms with E-state index >= 15 is 0 Å². The lowest BCUT2D eigenvalue weighted by Gasteiger charge is -2.26. The first-order valence-corrected chi connectivity index (χ1v) is 7.30. The second-order valence-corrected chi connectivity index (χ2v) is 5.53. The number of hydrogen-bond donors (Lipinski definition) is 2. The van der Waals surface area contributed by atoms with Gasteiger partial charge in [0.2, 0.25) is 11.8 Å². The number of carbonyl (C=O) groups excluding carboxylic acids is 2. The maximum Gasteiger partial charge on any atom is 0.228 e. The lowest BCUT2D eigenvalue weighted by atomic mass is 9.89. The van der Waals surface area contributed by atoms with Crippen LogP contribution in [-0.2, 0) is 16.1 Å². The topological polar surface area (TPSA) is 76.0 Å². The van der Waals surface area contributed by atoms with Gasteiger partial charge in [-0.3, -0.25) is 14.3 Å². The highest BCUT2D eigenvalue weighted by atomic mass is 16.2. The molecule has 22 heavy (non-hydrogen) atoms. The molecular formula is C16H18N4O2. The standard InChI is InChI=1S/C16H18N4O2/c1-11(10-20-8-4-7-17-20)18-16(22)13-9-15(21)19-14-6-3-2-5-12(13)14/h2-8,11,13H,9-10H2,1H3,(H,18,22)(H,19,21). The summed E-state index contributed by atoms with van der Waals surface area (Å²) in [6.45, 7) is 2.52. The zero-order chi connectivity index (χ0) is 15.5. The van der Waals surface area contributed by atoms with Crippen LogP contribution < -0.4 is 10.6 Å². The van der Waals surface area contributed by atoms with E-state index in [4.69, 9.17) is 0 Å². The average Bonchev–Trinajstić information content (AvgIpc) is 2.98. The Labute approximate surface area is 128 Å². The van der Waals surface area contributed by atoms with Crippen LogP contribution in [0, 0.1) is 0 Å². The predicted octanol–water partition coefficient (Wildman–Crippen LogP) is 1.51. The summed E-state index contributed by atoms with van der Waals surface area (Å²) in [5.41, 5.74) is 1.59. The van der Waals surface area contributed by atoms with Crippen molar-refractivity contribution in [2.75, 3.05) is 5.32 Å². The van der Waals surface area contributed by atoms with Crippen molar-refractivity contribution in [3.63, 3.8) is 0 Å². The van der Waals surface area contributed by atoms with Gasteiger partial charge in [-0.05, 0) is 24.6 Å². The summed E-state index contributed by atoms with van der Waals surface area (Å²) in [5, 5.41) is 9.90. The van der Waals surface area contributed by atoms with Crippen LogP contribution in [0.15, 0.2) is 42.7 Å². The molecule has 1 aromatic heterocycles. The van der Waals surface area contributed by atoms with Crippen molar-refractivity contribution in [2.45, 2.75) is 31.8 Å². The lowest BCUT2D eigenvalue weighted by Crippen LogP contribution is -2.41. The van der Waals surface area contributed by atoms with E-state index in [1.165, 1.54) is 0 Å². The fraction of sp³-hybridized carbons (Fsp3) is 0.312. The van der Waals surface area contributed by atoms with Gasteiger partial charge in [-0.2, -0.15) is 5.10 Å². The van der Waals surface area contributed by atoms with Crippen LogP contribution in [0.4, 0.5) is 5.69 Å². The minimum Gasteiger partial charge on any atom is -0.351 e. The largest absolute Gasteiger partial charge is 0.351 e. The number of nitrogens with zero attached hydrogens (tertiary/aromatic N) is 2. The molecule has 0 saturated carbocycles. The normalized spacial score (nSPS) is 18.2. The molecule has 2 aromatic rings. The Morgan fingerprint density at radius 2 is 2.27 bits per heavy atom. The van der Waals surface area contributed by atoms with E-state index in [1.807, 2.05) is 43.5 Å². The number of para-hydroxylation sites is 1. The fourth-order valence-electron chi connectivity index (χ4n) is 2.72. The monoisotopic (exact) mass is 298 g/mol. The molecule has 0 radical (unpaired) electrons. The highest BCUT2D eigenvalue weighted by Gasteiger charge is 2.30. The molecule has 6 heteroatoms. The molecule has 0 aliphatic carbocycles. The Hall–Kier alpha value is -2.63. The van der Waals surface area contributed by atoms with Crippen molar-refractivity contribution in [3.05, 3.63) is 48.3 Å². The SMILES string of the molecule is CC(Cn1cccn1)NC(=O)C1CC(=O)Nc2ccccc21. The second-order valence-electron chi connectivity index (χ2n) is 5.53. The van der Waals surface area contributed by atoms with E-state index in [-0.39, 0.29) is 24.3 Å². The third kappa shape index (κ3) is 3.00. The first-order valence-electron chi connectivity index (χ1n) is 7.30. The summed E-state index contributed by atoms with van der Waals surface area (Å²) >= 11 is 0. The molecule has 2 atom stereocenters. The van der Waals surface area contributed by atoms with Gasteiger partial charge in [0.05, 0.1) is 12.5 Å². The van der Waals surface area contributed by atoms with Gasteiger partial charge in [-0.25, -0.2) is 0 Å². The summed E-state index contributed by atoms with van der Waals surface area (Å²) in [6, 6.07) is 9.21. The molecule has 0 spiro atoms. The molecule has 0 saturated heterocycles. The minimum atomic E-state index is -0.440. The number of aromatic nitrogens is 2. The molecule has 2 unspecified atom stereocenters. The van der Waals surface area contributed by atoms with Crippen LogP contribution in [0.1, 0.15) is 24.8 Å². The van der Waals surface area contributed by atoms with E-state index in [2.05, 4.69) is 15.7 Å². The Bertz CT molecular complexity index is 681. The number of carbonyl (C=O) groups is 2. The maximum atomic E-state index is 12.5. The number of benzene rings is 1. The summed E-state index contributed by atoms with van der Waals surface area (Å²) in [7, 11) is 0. The molecule has 2 N–H and O–H groups in total. The Morgan fingerprint density at radius 1 is 1.45 bits per heavy atom. The highest BCUT2D eigenvalue weighted by molar-refractivity contribution is 6.01. The number of hydrogen-bond acceptors (Lipinski definition) is 3. The van der Waals surface area contributed by atoms with Gasteiger partial charge < -0.3 is 10.6 Å². The minimum absolute atomic E-state index is 0.0652. The first-order chi connectivity index (χ1) is 10.6. The Morgan fingerprint density at radius 3 is 3.05 bits per heavy atom. The molecule has 3 rings (SSSR count). The quantitative estimate of drug-likeness (QED) is 0.898. The van der Waals surface area contributed by atoms with Crippen LogP contribution in [0.5, 0.6) is 0 Å². The van der Waals surface area contributed by atoms with Crippen molar-refractivity contribution >= 4 is 17.5 Å². The molecule has 2 amide bonds. The number of rotatable bonds is 4. The summed E-state index contributed by atoms with van der Waals surface area (Å²) in [5.74, 6) is -0.689. The third-order valence-electron chi connectivity index (χ3n) is 3.73. The second kappa shape index (κ2) is 6.01. The molecule has 6 nitrogen and oxygen atoms in total. The zero-order valence-corrected chi connectivity index (χ0v) is 12.3. The average molecular weight is 298 g/mol. The van der Waals surface area contributed by atoms with E-state index < -0.39 is 5.92 Å². The molecule has 2 heterocycles. The summed E-state index contributed by atoms with van der Waals surface area (Å²) < 4.78 is 1.77. The van der Waals surface area contributed by atoms with Crippen LogP contribution in [-0.4, -0.2) is 27.6 Å². The van der Waals surface area contributed by atoms with E-state index in [0.717, 1.165) is 11.3 Å². The summed E-state index contributed by atoms with van der Waals surface area (Å²) in [6.07, 6.45) is 3.74. The molecule has 114 valence electrons. The van der Waals surface area contributed by atoms with E-state index in [0.29, 0.717) is 6.54 Å². The van der Waals surface area contributed by atoms with Gasteiger partial charge in [0.1, 0.15) is 0 Å². The smallest absolute Gasteiger partial charge is 0.228 e. The van der Waals surface area contributed by atoms with Gasteiger partial charge in [-0.1, -0.05) is 18.2 Å². The van der Waals surface area contributed by atoms with Gasteiger partial charge in [0, 0.05) is 30.5 Å². The van der Waals surface area contributed by atoms with Crippen LogP contribution >= 0.6 is 0 Å². The van der Waals surface area contributed by atoms with Crippen LogP contribution in [0.2, 0.25) is 0 Å². The predicted molar refractivity (Wildman–Crippen MR) is 82.3 cm³/mol. The van der Waals surface area contributed by atoms with Crippen molar-refractivity contribution in [2.24, 2.45) is 0 Å². The van der Waals surface area contributed by atoms with E-state index in [1.54, 1.807) is 10.9 Å². The molecule has 1 aliphatic heterocycles. The van der Waals surface area contributed by atoms with Gasteiger partial charge in [-0.15, -0.1) is 0 Å². The number of amides is 2. The highest BCUT2D eigenvalue weighted by Crippen LogP contribution is 2.32. The zero-order valence-electron chi connectivity index (χ0n) is 12.3. The van der Waals surface area contributed by atoms with Crippen LogP contribution in [0.25, 0.3) is 0 Å². The number of fused-ring (bicyclic) bond motifs is 1. The molecule has 0 fully saturated rings. The van der Waals surface area contributed by atoms with Crippen molar-refractivity contribution in [1.29, 1.82) is 0 Å².